The fraction of sp³-hybridized carbons (Fsp3) is 0.318. The lowest BCUT2D eigenvalue weighted by Crippen LogP contribution is -2.46. The molecule has 156 valence electrons. The molecule has 1 aromatic carbocycles. The molecule has 9 heteroatoms. The van der Waals surface area contributed by atoms with Crippen molar-refractivity contribution < 1.29 is 4.39 Å². The topological polar surface area (TPSA) is 77.5 Å². The lowest BCUT2D eigenvalue weighted by Gasteiger charge is -2.45. The number of fused-ring (bicyclic) bond motifs is 3. The molecule has 4 heterocycles. The Labute approximate surface area is 178 Å². The van der Waals surface area contributed by atoms with Gasteiger partial charge in [0, 0.05) is 24.0 Å². The molecule has 1 aliphatic heterocycles. The molecule has 1 aliphatic carbocycles. The maximum Gasteiger partial charge on any atom is 0.237 e. The van der Waals surface area contributed by atoms with Gasteiger partial charge in [-0.15, -0.1) is 10.2 Å². The lowest BCUT2D eigenvalue weighted by atomic mass is 9.89. The first-order valence-corrected chi connectivity index (χ1v) is 10.6. The normalized spacial score (nSPS) is 17.9. The summed E-state index contributed by atoms with van der Waals surface area (Å²) in [7, 11) is 0. The van der Waals surface area contributed by atoms with E-state index in [1.807, 2.05) is 21.5 Å². The zero-order chi connectivity index (χ0) is 20.9. The summed E-state index contributed by atoms with van der Waals surface area (Å²) in [5.41, 5.74) is 1.69. The molecule has 4 aromatic rings. The highest BCUT2D eigenvalue weighted by molar-refractivity contribution is 5.64. The van der Waals surface area contributed by atoms with Gasteiger partial charge in [0.2, 0.25) is 5.95 Å². The molecule has 0 spiro atoms. The van der Waals surface area contributed by atoms with Crippen molar-refractivity contribution in [3.63, 3.8) is 0 Å². The fourth-order valence-electron chi connectivity index (χ4n) is 4.51. The summed E-state index contributed by atoms with van der Waals surface area (Å²) in [6.07, 6.45) is 11.5. The molecule has 0 saturated heterocycles. The zero-order valence-electron chi connectivity index (χ0n) is 17.1. The first kappa shape index (κ1) is 18.2. The van der Waals surface area contributed by atoms with Crippen LogP contribution >= 0.6 is 0 Å². The van der Waals surface area contributed by atoms with Gasteiger partial charge in [-0.2, -0.15) is 4.98 Å². The van der Waals surface area contributed by atoms with Crippen LogP contribution in [0.1, 0.15) is 44.5 Å². The molecule has 2 aliphatic rings. The van der Waals surface area contributed by atoms with Gasteiger partial charge >= 0.3 is 0 Å². The van der Waals surface area contributed by atoms with Crippen molar-refractivity contribution in [2.75, 3.05) is 4.90 Å². The number of aromatic nitrogens is 7. The highest BCUT2D eigenvalue weighted by Gasteiger charge is 2.39. The van der Waals surface area contributed by atoms with E-state index in [-0.39, 0.29) is 11.9 Å². The van der Waals surface area contributed by atoms with Gasteiger partial charge in [0.1, 0.15) is 23.7 Å². The smallest absolute Gasteiger partial charge is 0.237 e. The molecule has 1 unspecified atom stereocenters. The first-order chi connectivity index (χ1) is 15.2. The van der Waals surface area contributed by atoms with Crippen LogP contribution in [0.15, 0.2) is 49.2 Å². The van der Waals surface area contributed by atoms with Crippen LogP contribution in [0.3, 0.4) is 0 Å². The molecule has 0 N–H and O–H groups in total. The van der Waals surface area contributed by atoms with Crippen LogP contribution in [-0.2, 0) is 0 Å². The van der Waals surface area contributed by atoms with Crippen LogP contribution in [0, 0.1) is 5.82 Å². The Morgan fingerprint density at radius 3 is 2.68 bits per heavy atom. The Morgan fingerprint density at radius 1 is 1.10 bits per heavy atom. The van der Waals surface area contributed by atoms with E-state index in [4.69, 9.17) is 4.98 Å². The molecule has 1 fully saturated rings. The van der Waals surface area contributed by atoms with E-state index in [0.717, 1.165) is 42.2 Å². The number of anilines is 1. The minimum atomic E-state index is -0.279. The molecular weight excluding hydrogens is 395 g/mol. The van der Waals surface area contributed by atoms with Crippen LogP contribution < -0.4 is 4.90 Å². The Kier molecular flexibility index (Phi) is 4.09. The van der Waals surface area contributed by atoms with E-state index in [2.05, 4.69) is 32.0 Å². The molecule has 31 heavy (non-hydrogen) atoms. The number of imidazole rings is 1. The minimum absolute atomic E-state index is 0.127. The zero-order valence-corrected chi connectivity index (χ0v) is 17.1. The van der Waals surface area contributed by atoms with Gasteiger partial charge in [-0.1, -0.05) is 6.92 Å². The maximum absolute atomic E-state index is 13.4. The van der Waals surface area contributed by atoms with E-state index in [0.29, 0.717) is 17.8 Å². The first-order valence-electron chi connectivity index (χ1n) is 10.6. The van der Waals surface area contributed by atoms with Crippen LogP contribution in [-0.4, -0.2) is 40.3 Å². The van der Waals surface area contributed by atoms with E-state index >= 15 is 0 Å². The number of rotatable bonds is 4. The van der Waals surface area contributed by atoms with Crippen LogP contribution in [0.4, 0.5) is 10.2 Å². The Balaban J connectivity index is 1.50. The highest BCUT2D eigenvalue weighted by Crippen LogP contribution is 2.43. The molecule has 1 saturated carbocycles. The standard InChI is InChI=1S/C22H21FN8/c1-2-17-21-28-26-13-30(21)18-12-25-22(27-20(18)31(17)16-4-3-5-16)29-11-10-24-19(29)14-6-8-15(23)9-7-14/h6-13,16-17H,2-5H2,1H3. The van der Waals surface area contributed by atoms with Gasteiger partial charge in [-0.25, -0.2) is 14.4 Å². The Hall–Kier alpha value is -3.62. The summed E-state index contributed by atoms with van der Waals surface area (Å²) in [6, 6.07) is 6.85. The molecule has 8 nitrogen and oxygen atoms in total. The summed E-state index contributed by atoms with van der Waals surface area (Å²) in [5, 5.41) is 8.56. The van der Waals surface area contributed by atoms with Crippen molar-refractivity contribution in [1.82, 2.24) is 34.3 Å². The quantitative estimate of drug-likeness (QED) is 0.503. The van der Waals surface area contributed by atoms with Crippen molar-refractivity contribution in [3.05, 3.63) is 60.8 Å². The predicted molar refractivity (Wildman–Crippen MR) is 113 cm³/mol. The number of hydrogen-bond donors (Lipinski definition) is 0. The van der Waals surface area contributed by atoms with Gasteiger partial charge in [0.25, 0.3) is 0 Å². The second kappa shape index (κ2) is 6.97. The Bertz CT molecular complexity index is 1240. The SMILES string of the molecule is CCC1c2nncn2-c2cnc(-n3ccnc3-c3ccc(F)cc3)nc2N1C1CCC1. The van der Waals surface area contributed by atoms with E-state index in [9.17, 15) is 4.39 Å². The molecular formula is C22H21FN8. The van der Waals surface area contributed by atoms with Crippen molar-refractivity contribution in [2.24, 2.45) is 0 Å². The summed E-state index contributed by atoms with van der Waals surface area (Å²) in [6.45, 7) is 2.17. The van der Waals surface area contributed by atoms with Crippen molar-refractivity contribution in [1.29, 1.82) is 0 Å². The van der Waals surface area contributed by atoms with Gasteiger partial charge in [0.05, 0.1) is 12.2 Å². The average Bonchev–Trinajstić information content (AvgIpc) is 3.43. The van der Waals surface area contributed by atoms with Gasteiger partial charge < -0.3 is 4.90 Å². The molecule has 0 bridgehead atoms. The summed E-state index contributed by atoms with van der Waals surface area (Å²) in [4.78, 5) is 16.5. The van der Waals surface area contributed by atoms with Gasteiger partial charge in [-0.3, -0.25) is 9.13 Å². The molecule has 1 atom stereocenters. The van der Waals surface area contributed by atoms with Crippen molar-refractivity contribution >= 4 is 5.82 Å². The average molecular weight is 416 g/mol. The molecule has 0 amide bonds. The number of halogens is 1. The fourth-order valence-corrected chi connectivity index (χ4v) is 4.51. The lowest BCUT2D eigenvalue weighted by molar-refractivity contribution is 0.341. The molecule has 0 radical (unpaired) electrons. The summed E-state index contributed by atoms with van der Waals surface area (Å²) < 4.78 is 17.2. The third-order valence-electron chi connectivity index (χ3n) is 6.26. The van der Waals surface area contributed by atoms with E-state index < -0.39 is 0 Å². The minimum Gasteiger partial charge on any atom is -0.341 e. The third kappa shape index (κ3) is 2.76. The predicted octanol–water partition coefficient (Wildman–Crippen LogP) is 3.87. The molecule has 3 aromatic heterocycles. The van der Waals surface area contributed by atoms with E-state index in [1.165, 1.54) is 18.6 Å². The second-order valence-electron chi connectivity index (χ2n) is 7.98. The van der Waals surface area contributed by atoms with Crippen molar-refractivity contribution in [2.45, 2.75) is 44.7 Å². The summed E-state index contributed by atoms with van der Waals surface area (Å²) in [5.74, 6) is 2.76. The van der Waals surface area contributed by atoms with Crippen LogP contribution in [0.5, 0.6) is 0 Å². The number of hydrogen-bond acceptors (Lipinski definition) is 6. The summed E-state index contributed by atoms with van der Waals surface area (Å²) >= 11 is 0. The molecule has 6 rings (SSSR count). The number of nitrogens with zero attached hydrogens (tertiary/aromatic N) is 8. The van der Waals surface area contributed by atoms with Crippen molar-refractivity contribution in [3.8, 4) is 23.0 Å². The Morgan fingerprint density at radius 2 is 1.94 bits per heavy atom. The number of benzene rings is 1. The van der Waals surface area contributed by atoms with E-state index in [1.54, 1.807) is 24.7 Å². The monoisotopic (exact) mass is 416 g/mol. The second-order valence-corrected chi connectivity index (χ2v) is 7.98. The van der Waals surface area contributed by atoms with Crippen LogP contribution in [0.25, 0.3) is 23.0 Å². The highest BCUT2D eigenvalue weighted by atomic mass is 19.1. The third-order valence-corrected chi connectivity index (χ3v) is 6.26. The van der Waals surface area contributed by atoms with Gasteiger partial charge in [-0.05, 0) is 49.9 Å². The van der Waals surface area contributed by atoms with Gasteiger partial charge in [0.15, 0.2) is 11.6 Å². The largest absolute Gasteiger partial charge is 0.341 e. The van der Waals surface area contributed by atoms with Crippen LogP contribution in [0.2, 0.25) is 0 Å². The maximum atomic E-state index is 13.4.